The molecule has 0 aromatic carbocycles. The highest BCUT2D eigenvalue weighted by Gasteiger charge is 2.04. The van der Waals surface area contributed by atoms with Crippen LogP contribution in [-0.4, -0.2) is 28.1 Å². The van der Waals surface area contributed by atoms with E-state index in [4.69, 9.17) is 5.21 Å². The largest absolute Gasteiger partial charge is 0.757 e. The standard InChI is InChI=1S/C3H7N2O3/c1-3(4(2)6)5(7)8/h3,7H,2H2,1H3/q-1. The third kappa shape index (κ3) is 1.87. The van der Waals surface area contributed by atoms with Crippen LogP contribution in [0.1, 0.15) is 6.92 Å². The molecule has 1 N–H and O–H groups in total. The van der Waals surface area contributed by atoms with Crippen molar-refractivity contribution >= 4 is 6.72 Å². The zero-order valence-corrected chi connectivity index (χ0v) is 4.44. The van der Waals surface area contributed by atoms with Gasteiger partial charge in [0.1, 0.15) is 6.72 Å². The molecule has 0 aliphatic carbocycles. The molecule has 48 valence electrons. The number of nitrogens with zero attached hydrogens (tertiary/aromatic N) is 2. The van der Waals surface area contributed by atoms with Crippen LogP contribution in [0.4, 0.5) is 0 Å². The van der Waals surface area contributed by atoms with Gasteiger partial charge in [0.2, 0.25) is 6.17 Å². The Morgan fingerprint density at radius 2 is 2.25 bits per heavy atom. The van der Waals surface area contributed by atoms with Gasteiger partial charge in [-0.2, -0.15) is 0 Å². The lowest BCUT2D eigenvalue weighted by molar-refractivity contribution is -0.536. The average Bonchev–Trinajstić information content (AvgIpc) is 1.64. The number of hydrogen-bond acceptors (Lipinski definition) is 4. The van der Waals surface area contributed by atoms with E-state index in [2.05, 4.69) is 6.72 Å². The van der Waals surface area contributed by atoms with Crippen LogP contribution in [0.15, 0.2) is 0 Å². The van der Waals surface area contributed by atoms with Crippen molar-refractivity contribution in [2.24, 2.45) is 0 Å². The summed E-state index contributed by atoms with van der Waals surface area (Å²) in [5, 5.41) is 27.3. The molecule has 0 radical (unpaired) electrons. The monoisotopic (exact) mass is 119 g/mol. The van der Waals surface area contributed by atoms with Crippen LogP contribution in [0, 0.1) is 10.4 Å². The summed E-state index contributed by atoms with van der Waals surface area (Å²) < 4.78 is 0.104. The van der Waals surface area contributed by atoms with Crippen molar-refractivity contribution < 1.29 is 9.95 Å². The minimum absolute atomic E-state index is 0.104. The van der Waals surface area contributed by atoms with Gasteiger partial charge >= 0.3 is 0 Å². The molecule has 1 atom stereocenters. The molecule has 8 heavy (non-hydrogen) atoms. The van der Waals surface area contributed by atoms with E-state index in [0.717, 1.165) is 0 Å². The molecule has 0 aromatic rings. The van der Waals surface area contributed by atoms with Crippen LogP contribution in [-0.2, 0) is 0 Å². The number of hydroxylamine groups is 3. The summed E-state index contributed by atoms with van der Waals surface area (Å²) in [7, 11) is 0. The molecule has 0 saturated carbocycles. The summed E-state index contributed by atoms with van der Waals surface area (Å²) >= 11 is 0. The molecular weight excluding hydrogens is 112 g/mol. The molecule has 0 bridgehead atoms. The van der Waals surface area contributed by atoms with E-state index in [1.54, 1.807) is 0 Å². The van der Waals surface area contributed by atoms with E-state index < -0.39 is 11.4 Å². The number of hydrogen-bond donors (Lipinski definition) is 1. The quantitative estimate of drug-likeness (QED) is 0.178. The lowest BCUT2D eigenvalue weighted by Gasteiger charge is -2.24. The molecule has 0 heterocycles. The minimum Gasteiger partial charge on any atom is -0.757 e. The molecule has 5 nitrogen and oxygen atoms in total. The zero-order chi connectivity index (χ0) is 6.73. The van der Waals surface area contributed by atoms with E-state index in [-0.39, 0.29) is 4.74 Å². The Hall–Kier alpha value is -0.650. The second-order valence-corrected chi connectivity index (χ2v) is 1.35. The summed E-state index contributed by atoms with van der Waals surface area (Å²) in [6.45, 7) is 4.06. The topological polar surface area (TPSA) is 72.6 Å². The predicted molar refractivity (Wildman–Crippen MR) is 27.2 cm³/mol. The Morgan fingerprint density at radius 1 is 1.88 bits per heavy atom. The fraction of sp³-hybridized carbons (Fsp3) is 0.667. The van der Waals surface area contributed by atoms with Gasteiger partial charge in [-0.25, -0.2) is 9.97 Å². The normalized spacial score (nSPS) is 14.0. The average molecular weight is 119 g/mol. The van der Waals surface area contributed by atoms with Gasteiger partial charge in [-0.05, 0) is 0 Å². The Morgan fingerprint density at radius 3 is 2.25 bits per heavy atom. The molecular formula is C3H7N2O3-. The molecule has 0 spiro atoms. The first-order valence-corrected chi connectivity index (χ1v) is 1.98. The Balaban J connectivity index is 3.64. The van der Waals surface area contributed by atoms with E-state index in [1.165, 1.54) is 6.92 Å². The van der Waals surface area contributed by atoms with Crippen molar-refractivity contribution in [2.45, 2.75) is 13.1 Å². The molecule has 0 amide bonds. The highest BCUT2D eigenvalue weighted by atomic mass is 16.8. The van der Waals surface area contributed by atoms with Gasteiger partial charge in [0.05, 0.1) is 0 Å². The van der Waals surface area contributed by atoms with Gasteiger partial charge in [-0.1, -0.05) is 0 Å². The Kier molecular flexibility index (Phi) is 2.40. The van der Waals surface area contributed by atoms with Crippen LogP contribution >= 0.6 is 0 Å². The van der Waals surface area contributed by atoms with Gasteiger partial charge in [-0.3, -0.25) is 0 Å². The fourth-order valence-corrected chi connectivity index (χ4v) is 0.110. The molecule has 0 aliphatic rings. The molecule has 0 aromatic heterocycles. The first-order chi connectivity index (χ1) is 3.55. The maximum Gasteiger partial charge on any atom is 0.226 e. The third-order valence-electron chi connectivity index (χ3n) is 0.736. The second kappa shape index (κ2) is 2.61. The third-order valence-corrected chi connectivity index (χ3v) is 0.736. The van der Waals surface area contributed by atoms with Crippen LogP contribution in [0.2, 0.25) is 0 Å². The lowest BCUT2D eigenvalue weighted by atomic mass is 10.6. The van der Waals surface area contributed by atoms with Crippen molar-refractivity contribution in [1.82, 2.24) is 5.23 Å². The van der Waals surface area contributed by atoms with Gasteiger partial charge in [0.25, 0.3) is 0 Å². The van der Waals surface area contributed by atoms with Crippen LogP contribution in [0.3, 0.4) is 0 Å². The van der Waals surface area contributed by atoms with Crippen LogP contribution < -0.4 is 0 Å². The highest BCUT2D eigenvalue weighted by Crippen LogP contribution is 1.89. The van der Waals surface area contributed by atoms with E-state index in [0.29, 0.717) is 0 Å². The van der Waals surface area contributed by atoms with Gasteiger partial charge in [0.15, 0.2) is 0 Å². The molecule has 0 aliphatic heterocycles. The Labute approximate surface area is 46.6 Å². The van der Waals surface area contributed by atoms with Crippen LogP contribution in [0.5, 0.6) is 0 Å². The first-order valence-electron chi connectivity index (χ1n) is 1.98. The van der Waals surface area contributed by atoms with Gasteiger partial charge in [0, 0.05) is 6.92 Å². The van der Waals surface area contributed by atoms with Gasteiger partial charge in [-0.15, -0.1) is 0 Å². The maximum atomic E-state index is 9.99. The molecule has 5 heteroatoms. The summed E-state index contributed by atoms with van der Waals surface area (Å²) in [6.07, 6.45) is -1.13. The molecule has 0 saturated heterocycles. The van der Waals surface area contributed by atoms with E-state index >= 15 is 0 Å². The van der Waals surface area contributed by atoms with Crippen molar-refractivity contribution in [3.05, 3.63) is 10.4 Å². The molecule has 1 unspecified atom stereocenters. The van der Waals surface area contributed by atoms with Crippen molar-refractivity contribution in [3.8, 4) is 0 Å². The first kappa shape index (κ1) is 7.35. The fourth-order valence-electron chi connectivity index (χ4n) is 0.110. The van der Waals surface area contributed by atoms with E-state index in [9.17, 15) is 10.4 Å². The summed E-state index contributed by atoms with van der Waals surface area (Å²) in [5.74, 6) is 0. The summed E-state index contributed by atoms with van der Waals surface area (Å²) in [5.41, 5.74) is 0. The smallest absolute Gasteiger partial charge is 0.226 e. The SMILES string of the molecule is C=[N+]([O-])C(C)N([O-])O. The maximum absolute atomic E-state index is 9.99. The van der Waals surface area contributed by atoms with Crippen molar-refractivity contribution in [1.29, 1.82) is 0 Å². The van der Waals surface area contributed by atoms with Crippen molar-refractivity contribution in [3.63, 3.8) is 0 Å². The summed E-state index contributed by atoms with van der Waals surface area (Å²) in [4.78, 5) is 0. The van der Waals surface area contributed by atoms with E-state index in [1.807, 2.05) is 0 Å². The lowest BCUT2D eigenvalue weighted by Crippen LogP contribution is -2.31. The zero-order valence-electron chi connectivity index (χ0n) is 4.44. The van der Waals surface area contributed by atoms with Crippen molar-refractivity contribution in [2.75, 3.05) is 0 Å². The predicted octanol–water partition coefficient (Wildman–Crippen LogP) is -0.268. The molecule has 0 fully saturated rings. The highest BCUT2D eigenvalue weighted by molar-refractivity contribution is 5.14. The molecule has 0 rings (SSSR count). The second-order valence-electron chi connectivity index (χ2n) is 1.35. The minimum atomic E-state index is -1.13. The number of rotatable bonds is 2. The van der Waals surface area contributed by atoms with Gasteiger partial charge < -0.3 is 15.6 Å². The van der Waals surface area contributed by atoms with Crippen LogP contribution in [0.25, 0.3) is 0 Å². The summed E-state index contributed by atoms with van der Waals surface area (Å²) in [6, 6.07) is 0. The Bertz CT molecular complexity index is 92.5.